The van der Waals surface area contributed by atoms with Crippen LogP contribution in [0.25, 0.3) is 10.7 Å². The summed E-state index contributed by atoms with van der Waals surface area (Å²) in [4.78, 5) is 45.3. The Bertz CT molecular complexity index is 1680. The molecule has 2 aromatic carbocycles. The van der Waals surface area contributed by atoms with E-state index in [1.54, 1.807) is 24.4 Å². The van der Waals surface area contributed by atoms with Crippen molar-refractivity contribution < 1.29 is 27.9 Å². The van der Waals surface area contributed by atoms with Crippen molar-refractivity contribution in [3.05, 3.63) is 83.0 Å². The number of aromatic nitrogens is 2. The summed E-state index contributed by atoms with van der Waals surface area (Å²) in [6.07, 6.45) is 1.83. The summed E-state index contributed by atoms with van der Waals surface area (Å²) in [5.74, 6) is -1.05. The van der Waals surface area contributed by atoms with Gasteiger partial charge in [0, 0.05) is 28.5 Å². The molecule has 1 aliphatic rings. The molecule has 1 aliphatic heterocycles. The Kier molecular flexibility index (Phi) is 6.15. The molecule has 186 valence electrons. The molecule has 0 bridgehead atoms. The van der Waals surface area contributed by atoms with Crippen LogP contribution >= 0.6 is 11.3 Å². The monoisotopic (exact) mass is 535 g/mol. The maximum absolute atomic E-state index is 13.1. The van der Waals surface area contributed by atoms with Crippen molar-refractivity contribution in [3.8, 4) is 10.7 Å². The number of hydrogen-bond acceptors (Lipinski definition) is 8. The molecule has 4 aromatic rings. The fraction of sp³-hybridized carbons (Fsp3) is 0.0417. The van der Waals surface area contributed by atoms with Gasteiger partial charge in [0.1, 0.15) is 10.7 Å². The van der Waals surface area contributed by atoms with Crippen LogP contribution in [-0.2, 0) is 16.4 Å². The van der Waals surface area contributed by atoms with E-state index in [9.17, 15) is 22.8 Å². The van der Waals surface area contributed by atoms with Crippen molar-refractivity contribution in [2.45, 2.75) is 16.3 Å². The molecule has 0 atom stereocenters. The van der Waals surface area contributed by atoms with E-state index in [4.69, 9.17) is 5.11 Å². The van der Waals surface area contributed by atoms with Crippen molar-refractivity contribution in [1.82, 2.24) is 15.3 Å². The Balaban J connectivity index is 1.32. The van der Waals surface area contributed by atoms with Crippen molar-refractivity contribution in [2.24, 2.45) is 0 Å². The highest BCUT2D eigenvalue weighted by molar-refractivity contribution is 7.91. The minimum atomic E-state index is -3.97. The number of nitrogens with one attached hydrogen (secondary N) is 3. The van der Waals surface area contributed by atoms with Gasteiger partial charge in [-0.3, -0.25) is 19.9 Å². The molecule has 37 heavy (non-hydrogen) atoms. The maximum Gasteiger partial charge on any atom is 0.409 e. The van der Waals surface area contributed by atoms with Crippen LogP contribution in [0, 0.1) is 0 Å². The number of fused-ring (bicyclic) bond motifs is 2. The number of benzene rings is 2. The number of nitrogens with zero attached hydrogens (tertiary/aromatic N) is 2. The molecule has 0 unspecified atom stereocenters. The van der Waals surface area contributed by atoms with Crippen molar-refractivity contribution >= 4 is 50.5 Å². The summed E-state index contributed by atoms with van der Waals surface area (Å²) in [5.41, 5.74) is 1.04. The second kappa shape index (κ2) is 9.44. The predicted molar refractivity (Wildman–Crippen MR) is 134 cm³/mol. The summed E-state index contributed by atoms with van der Waals surface area (Å²) in [7, 11) is -3.97. The molecule has 3 heterocycles. The molecule has 4 N–H and O–H groups in total. The first kappa shape index (κ1) is 24.1. The van der Waals surface area contributed by atoms with Crippen molar-refractivity contribution in [2.75, 3.05) is 10.6 Å². The van der Waals surface area contributed by atoms with E-state index in [0.717, 1.165) is 0 Å². The molecule has 5 rings (SSSR count). The quantitative estimate of drug-likeness (QED) is 0.300. The minimum Gasteiger partial charge on any atom is -0.465 e. The predicted octanol–water partition coefficient (Wildman–Crippen LogP) is 3.62. The normalized spacial score (nSPS) is 13.5. The number of carbonyl (C=O) groups is 3. The molecular formula is C24H17N5O6S2. The lowest BCUT2D eigenvalue weighted by atomic mass is 10.1. The lowest BCUT2D eigenvalue weighted by Crippen LogP contribution is -2.22. The highest BCUT2D eigenvalue weighted by Crippen LogP contribution is 2.34. The first-order valence-electron chi connectivity index (χ1n) is 10.7. The standard InChI is InChI=1S/C24H17N5O6S2/c30-21(26-11-15-12-27-23(36-15)18-10-14(7-8-25-18)28-24(32)33)13-5-6-20-17(9-13)29-22(31)16-3-1-2-4-19(16)37(20,34)35/h1-10,12H,11H2,(H,25,28)(H,26,30)(H,29,31)(H,32,33). The lowest BCUT2D eigenvalue weighted by molar-refractivity contribution is 0.0949. The van der Waals surface area contributed by atoms with Crippen LogP contribution < -0.4 is 16.0 Å². The second-order valence-electron chi connectivity index (χ2n) is 7.84. The number of amides is 3. The highest BCUT2D eigenvalue weighted by Gasteiger charge is 2.31. The van der Waals surface area contributed by atoms with Crippen LogP contribution in [0.3, 0.4) is 0 Å². The van der Waals surface area contributed by atoms with Gasteiger partial charge in [0.25, 0.3) is 11.8 Å². The minimum absolute atomic E-state index is 0.0230. The Labute approximate surface area is 214 Å². The number of sulfone groups is 1. The number of anilines is 2. The highest BCUT2D eigenvalue weighted by atomic mass is 32.2. The first-order valence-corrected chi connectivity index (χ1v) is 13.0. The van der Waals surface area contributed by atoms with Gasteiger partial charge in [0.05, 0.1) is 27.6 Å². The van der Waals surface area contributed by atoms with Crippen LogP contribution in [0.15, 0.2) is 76.8 Å². The molecule has 0 aliphatic carbocycles. The third-order valence-electron chi connectivity index (χ3n) is 5.41. The molecule has 2 aromatic heterocycles. The number of rotatable bonds is 5. The van der Waals surface area contributed by atoms with Crippen LogP contribution in [-0.4, -0.2) is 41.4 Å². The van der Waals surface area contributed by atoms with Gasteiger partial charge in [-0.25, -0.2) is 18.2 Å². The maximum atomic E-state index is 13.1. The van der Waals surface area contributed by atoms with E-state index in [-0.39, 0.29) is 33.2 Å². The SMILES string of the molecule is O=C(O)Nc1ccnc(-c2ncc(CNC(=O)c3ccc4c(c3)NC(=O)c3ccccc3S4(=O)=O)s2)c1. The average Bonchev–Trinajstić information content (AvgIpc) is 3.33. The Morgan fingerprint density at radius 3 is 2.65 bits per heavy atom. The van der Waals surface area contributed by atoms with Gasteiger partial charge in [-0.15, -0.1) is 11.3 Å². The van der Waals surface area contributed by atoms with E-state index in [1.165, 1.54) is 53.9 Å². The molecule has 0 fully saturated rings. The smallest absolute Gasteiger partial charge is 0.409 e. The largest absolute Gasteiger partial charge is 0.465 e. The van der Waals surface area contributed by atoms with Crippen molar-refractivity contribution in [1.29, 1.82) is 0 Å². The van der Waals surface area contributed by atoms with E-state index >= 15 is 0 Å². The first-order chi connectivity index (χ1) is 17.7. The average molecular weight is 536 g/mol. The van der Waals surface area contributed by atoms with Crippen molar-refractivity contribution in [3.63, 3.8) is 0 Å². The summed E-state index contributed by atoms with van der Waals surface area (Å²) < 4.78 is 26.2. The zero-order chi connectivity index (χ0) is 26.2. The van der Waals surface area contributed by atoms with E-state index in [1.807, 2.05) is 0 Å². The summed E-state index contributed by atoms with van der Waals surface area (Å²) in [6, 6.07) is 13.0. The second-order valence-corrected chi connectivity index (χ2v) is 10.8. The third-order valence-corrected chi connectivity index (χ3v) is 8.30. The summed E-state index contributed by atoms with van der Waals surface area (Å²) in [6.45, 7) is 0.136. The van der Waals surface area contributed by atoms with E-state index < -0.39 is 27.7 Å². The zero-order valence-electron chi connectivity index (χ0n) is 18.8. The van der Waals surface area contributed by atoms with Gasteiger partial charge < -0.3 is 15.7 Å². The van der Waals surface area contributed by atoms with E-state index in [2.05, 4.69) is 25.9 Å². The number of thiazole rings is 1. The molecule has 0 radical (unpaired) electrons. The molecule has 0 saturated carbocycles. The van der Waals surface area contributed by atoms with Crippen LogP contribution in [0.4, 0.5) is 16.2 Å². The molecule has 0 spiro atoms. The number of pyridine rings is 1. The van der Waals surface area contributed by atoms with Gasteiger partial charge in [-0.2, -0.15) is 0 Å². The molecule has 3 amide bonds. The summed E-state index contributed by atoms with van der Waals surface area (Å²) >= 11 is 1.27. The fourth-order valence-corrected chi connectivity index (χ4v) is 6.14. The Morgan fingerprint density at radius 2 is 1.84 bits per heavy atom. The number of hydrogen-bond donors (Lipinski definition) is 4. The van der Waals surface area contributed by atoms with Gasteiger partial charge in [-0.1, -0.05) is 12.1 Å². The summed E-state index contributed by atoms with van der Waals surface area (Å²) in [5, 5.41) is 17.0. The Hall–Kier alpha value is -4.62. The lowest BCUT2D eigenvalue weighted by Gasteiger charge is -2.10. The number of carbonyl (C=O) groups excluding carboxylic acids is 2. The Morgan fingerprint density at radius 1 is 1.03 bits per heavy atom. The van der Waals surface area contributed by atoms with Gasteiger partial charge in [-0.05, 0) is 42.5 Å². The fourth-order valence-electron chi connectivity index (χ4n) is 3.73. The van der Waals surface area contributed by atoms with Crippen LogP contribution in [0.1, 0.15) is 25.6 Å². The van der Waals surface area contributed by atoms with Crippen LogP contribution in [0.5, 0.6) is 0 Å². The third kappa shape index (κ3) is 4.77. The topological polar surface area (TPSA) is 167 Å². The molecule has 0 saturated heterocycles. The molecule has 13 heteroatoms. The van der Waals surface area contributed by atoms with Crippen LogP contribution in [0.2, 0.25) is 0 Å². The van der Waals surface area contributed by atoms with E-state index in [0.29, 0.717) is 21.3 Å². The van der Waals surface area contributed by atoms with Gasteiger partial charge in [0.2, 0.25) is 9.84 Å². The number of carboxylic acid groups (broad SMARTS) is 1. The van der Waals surface area contributed by atoms with Gasteiger partial charge in [0.15, 0.2) is 0 Å². The zero-order valence-corrected chi connectivity index (χ0v) is 20.4. The molecule has 11 nitrogen and oxygen atoms in total. The van der Waals surface area contributed by atoms with Gasteiger partial charge >= 0.3 is 6.09 Å². The molecular weight excluding hydrogens is 518 g/mol.